The highest BCUT2D eigenvalue weighted by Crippen LogP contribution is 2.28. The van der Waals surface area contributed by atoms with Gasteiger partial charge in [0.2, 0.25) is 0 Å². The maximum Gasteiger partial charge on any atom is 0.293 e. The summed E-state index contributed by atoms with van der Waals surface area (Å²) in [7, 11) is 3.44. The third kappa shape index (κ3) is 4.17. The zero-order valence-corrected chi connectivity index (χ0v) is 16.6. The van der Waals surface area contributed by atoms with Gasteiger partial charge in [-0.2, -0.15) is 0 Å². The lowest BCUT2D eigenvalue weighted by Gasteiger charge is -2.13. The lowest BCUT2D eigenvalue weighted by Crippen LogP contribution is -2.23. The molecule has 1 amide bonds. The van der Waals surface area contributed by atoms with E-state index in [1.807, 2.05) is 36.6 Å². The highest BCUT2D eigenvalue weighted by molar-refractivity contribution is 7.13. The standard InChI is InChI=1S/C20H20N4O3S/c1-13-6-4-5-7-16(13)20-22-15(12-28-20)11-21-19(25)14-8-9-17(23(2)3)18(10-14)24(26)27/h4-10,12H,11H2,1-3H3,(H,21,25). The SMILES string of the molecule is Cc1ccccc1-c1nc(CNC(=O)c2ccc(N(C)C)c([N+](=O)[O-])c2)cs1. The Balaban J connectivity index is 1.72. The van der Waals surface area contributed by atoms with Gasteiger partial charge in [-0.15, -0.1) is 11.3 Å². The Morgan fingerprint density at radius 1 is 1.25 bits per heavy atom. The average Bonchev–Trinajstić information content (AvgIpc) is 3.14. The van der Waals surface area contributed by atoms with Crippen molar-refractivity contribution in [2.24, 2.45) is 0 Å². The minimum atomic E-state index is -0.485. The number of thiazole rings is 1. The second-order valence-electron chi connectivity index (χ2n) is 6.50. The molecule has 0 bridgehead atoms. The second-order valence-corrected chi connectivity index (χ2v) is 7.35. The molecule has 0 saturated heterocycles. The molecule has 0 fully saturated rings. The molecule has 0 radical (unpaired) electrons. The molecule has 1 aromatic heterocycles. The van der Waals surface area contributed by atoms with Crippen LogP contribution in [-0.2, 0) is 6.54 Å². The largest absolute Gasteiger partial charge is 0.372 e. The first-order valence-corrected chi connectivity index (χ1v) is 9.49. The van der Waals surface area contributed by atoms with E-state index in [1.54, 1.807) is 31.1 Å². The summed E-state index contributed by atoms with van der Waals surface area (Å²) in [6.45, 7) is 2.28. The van der Waals surface area contributed by atoms with Crippen LogP contribution in [0.1, 0.15) is 21.6 Å². The van der Waals surface area contributed by atoms with Crippen molar-refractivity contribution < 1.29 is 9.72 Å². The predicted molar refractivity (Wildman–Crippen MR) is 111 cm³/mol. The van der Waals surface area contributed by atoms with Crippen LogP contribution in [0.15, 0.2) is 47.8 Å². The van der Waals surface area contributed by atoms with Gasteiger partial charge in [-0.3, -0.25) is 14.9 Å². The van der Waals surface area contributed by atoms with Crippen molar-refractivity contribution in [3.63, 3.8) is 0 Å². The zero-order chi connectivity index (χ0) is 20.3. The number of aromatic nitrogens is 1. The fraction of sp³-hybridized carbons (Fsp3) is 0.200. The number of benzene rings is 2. The second kappa shape index (κ2) is 8.18. The molecule has 3 aromatic rings. The van der Waals surface area contributed by atoms with E-state index in [2.05, 4.69) is 10.3 Å². The number of nitrogens with zero attached hydrogens (tertiary/aromatic N) is 3. The van der Waals surface area contributed by atoms with Gasteiger partial charge in [0.25, 0.3) is 11.6 Å². The van der Waals surface area contributed by atoms with Crippen LogP contribution in [0.3, 0.4) is 0 Å². The third-order valence-electron chi connectivity index (χ3n) is 4.27. The summed E-state index contributed by atoms with van der Waals surface area (Å²) in [4.78, 5) is 29.5. The molecule has 28 heavy (non-hydrogen) atoms. The first kappa shape index (κ1) is 19.5. The van der Waals surface area contributed by atoms with E-state index in [4.69, 9.17) is 0 Å². The Labute approximate surface area is 166 Å². The van der Waals surface area contributed by atoms with Gasteiger partial charge in [-0.25, -0.2) is 4.98 Å². The molecule has 144 valence electrons. The summed E-state index contributed by atoms with van der Waals surface area (Å²) in [6.07, 6.45) is 0. The van der Waals surface area contributed by atoms with Crippen LogP contribution in [0, 0.1) is 17.0 Å². The van der Waals surface area contributed by atoms with Gasteiger partial charge in [0, 0.05) is 36.7 Å². The summed E-state index contributed by atoms with van der Waals surface area (Å²) in [5.41, 5.74) is 3.54. The molecular formula is C20H20N4O3S. The molecule has 3 rings (SSSR count). The number of rotatable bonds is 6. The minimum absolute atomic E-state index is 0.104. The predicted octanol–water partition coefficient (Wildman–Crippen LogP) is 4.02. The zero-order valence-electron chi connectivity index (χ0n) is 15.8. The molecule has 0 aliphatic carbocycles. The van der Waals surface area contributed by atoms with Gasteiger partial charge in [0.15, 0.2) is 0 Å². The summed E-state index contributed by atoms with van der Waals surface area (Å²) >= 11 is 1.52. The Kier molecular flexibility index (Phi) is 5.70. The minimum Gasteiger partial charge on any atom is -0.372 e. The highest BCUT2D eigenvalue weighted by Gasteiger charge is 2.19. The molecule has 0 unspecified atom stereocenters. The van der Waals surface area contributed by atoms with Crippen LogP contribution in [0.4, 0.5) is 11.4 Å². The van der Waals surface area contributed by atoms with E-state index in [9.17, 15) is 14.9 Å². The molecule has 0 aliphatic rings. The number of aryl methyl sites for hydroxylation is 1. The van der Waals surface area contributed by atoms with Gasteiger partial charge < -0.3 is 10.2 Å². The van der Waals surface area contributed by atoms with E-state index in [0.29, 0.717) is 5.69 Å². The number of hydrogen-bond donors (Lipinski definition) is 1. The van der Waals surface area contributed by atoms with Gasteiger partial charge in [0.1, 0.15) is 10.7 Å². The Bertz CT molecular complexity index is 1030. The van der Waals surface area contributed by atoms with Crippen molar-refractivity contribution in [1.82, 2.24) is 10.3 Å². The summed E-state index contributed by atoms with van der Waals surface area (Å²) in [6, 6.07) is 12.4. The highest BCUT2D eigenvalue weighted by atomic mass is 32.1. The number of nitrogens with one attached hydrogen (secondary N) is 1. The third-order valence-corrected chi connectivity index (χ3v) is 5.20. The van der Waals surface area contributed by atoms with Crippen molar-refractivity contribution >= 4 is 28.6 Å². The topological polar surface area (TPSA) is 88.4 Å². The number of carbonyl (C=O) groups is 1. The van der Waals surface area contributed by atoms with E-state index < -0.39 is 4.92 Å². The first-order chi connectivity index (χ1) is 13.4. The Morgan fingerprint density at radius 2 is 2.00 bits per heavy atom. The normalized spacial score (nSPS) is 10.5. The number of anilines is 1. The fourth-order valence-corrected chi connectivity index (χ4v) is 3.70. The first-order valence-electron chi connectivity index (χ1n) is 8.61. The van der Waals surface area contributed by atoms with Crippen LogP contribution in [0.25, 0.3) is 10.6 Å². The summed E-state index contributed by atoms with van der Waals surface area (Å²) in [5, 5.41) is 16.9. The maximum atomic E-state index is 12.4. The van der Waals surface area contributed by atoms with Crippen LogP contribution in [-0.4, -0.2) is 29.9 Å². The number of amides is 1. The molecule has 2 aromatic carbocycles. The molecule has 1 heterocycles. The van der Waals surface area contributed by atoms with E-state index >= 15 is 0 Å². The molecule has 1 N–H and O–H groups in total. The molecule has 8 heteroatoms. The molecule has 0 spiro atoms. The molecule has 0 aliphatic heterocycles. The average molecular weight is 396 g/mol. The van der Waals surface area contributed by atoms with Crippen molar-refractivity contribution in [3.8, 4) is 10.6 Å². The van der Waals surface area contributed by atoms with Crippen molar-refractivity contribution in [2.75, 3.05) is 19.0 Å². The quantitative estimate of drug-likeness (QED) is 0.502. The van der Waals surface area contributed by atoms with Crippen molar-refractivity contribution in [3.05, 3.63) is 74.8 Å². The number of carbonyl (C=O) groups excluding carboxylic acids is 1. The number of hydrogen-bond acceptors (Lipinski definition) is 6. The van der Waals surface area contributed by atoms with Crippen LogP contribution in [0.5, 0.6) is 0 Å². The van der Waals surface area contributed by atoms with Crippen LogP contribution in [0.2, 0.25) is 0 Å². The van der Waals surface area contributed by atoms with Crippen molar-refractivity contribution in [2.45, 2.75) is 13.5 Å². The van der Waals surface area contributed by atoms with Crippen molar-refractivity contribution in [1.29, 1.82) is 0 Å². The van der Waals surface area contributed by atoms with E-state index in [-0.39, 0.29) is 23.7 Å². The van der Waals surface area contributed by atoms with Crippen LogP contribution < -0.4 is 10.2 Å². The number of nitro groups is 1. The van der Waals surface area contributed by atoms with Gasteiger partial charge in [-0.1, -0.05) is 24.3 Å². The Morgan fingerprint density at radius 3 is 2.68 bits per heavy atom. The monoisotopic (exact) mass is 396 g/mol. The molecular weight excluding hydrogens is 376 g/mol. The van der Waals surface area contributed by atoms with E-state index in [1.165, 1.54) is 17.4 Å². The van der Waals surface area contributed by atoms with Gasteiger partial charge in [-0.05, 0) is 24.6 Å². The molecule has 7 nitrogen and oxygen atoms in total. The van der Waals surface area contributed by atoms with Gasteiger partial charge >= 0.3 is 0 Å². The Hall–Kier alpha value is -3.26. The summed E-state index contributed by atoms with van der Waals surface area (Å²) in [5.74, 6) is -0.376. The molecule has 0 saturated carbocycles. The summed E-state index contributed by atoms with van der Waals surface area (Å²) < 4.78 is 0. The lowest BCUT2D eigenvalue weighted by molar-refractivity contribution is -0.384. The fourth-order valence-electron chi connectivity index (χ4n) is 2.79. The number of nitro benzene ring substituents is 1. The van der Waals surface area contributed by atoms with E-state index in [0.717, 1.165) is 21.8 Å². The maximum absolute atomic E-state index is 12.4. The smallest absolute Gasteiger partial charge is 0.293 e. The van der Waals surface area contributed by atoms with Gasteiger partial charge in [0.05, 0.1) is 17.2 Å². The van der Waals surface area contributed by atoms with Crippen LogP contribution >= 0.6 is 11.3 Å². The lowest BCUT2D eigenvalue weighted by atomic mass is 10.1. The molecule has 0 atom stereocenters.